The summed E-state index contributed by atoms with van der Waals surface area (Å²) in [6, 6.07) is 23.5. The first-order chi connectivity index (χ1) is 21.8. The van der Waals surface area contributed by atoms with Crippen molar-refractivity contribution in [3.8, 4) is 5.75 Å². The van der Waals surface area contributed by atoms with Crippen LogP contribution in [-0.4, -0.2) is 67.5 Å². The number of rotatable bonds is 9. The molecular formula is C36H41N3O6. The number of amides is 3. The minimum absolute atomic E-state index is 0.0268. The molecule has 3 aromatic rings. The topological polar surface area (TPSA) is 114 Å². The molecule has 3 atom stereocenters. The first-order valence-electron chi connectivity index (χ1n) is 15.6. The van der Waals surface area contributed by atoms with E-state index in [0.29, 0.717) is 50.1 Å². The molecule has 1 fully saturated rings. The second kappa shape index (κ2) is 14.0. The number of likely N-dealkylation sites (tertiary alicyclic amines) is 1. The van der Waals surface area contributed by atoms with Crippen molar-refractivity contribution in [3.05, 3.63) is 101 Å². The Kier molecular flexibility index (Phi) is 9.86. The monoisotopic (exact) mass is 611 g/mol. The van der Waals surface area contributed by atoms with Gasteiger partial charge in [-0.05, 0) is 68.4 Å². The van der Waals surface area contributed by atoms with E-state index in [1.165, 1.54) is 0 Å². The van der Waals surface area contributed by atoms with Crippen molar-refractivity contribution >= 4 is 23.7 Å². The second-order valence-electron chi connectivity index (χ2n) is 11.7. The Bertz CT molecular complexity index is 1530. The maximum atomic E-state index is 14.2. The zero-order chi connectivity index (χ0) is 32.0. The van der Waals surface area contributed by atoms with Gasteiger partial charge in [-0.15, -0.1) is 0 Å². The van der Waals surface area contributed by atoms with Gasteiger partial charge < -0.3 is 25.0 Å². The Balaban J connectivity index is 1.34. The number of hydrogen-bond donors (Lipinski definition) is 2. The largest absolute Gasteiger partial charge is 0.496 e. The molecule has 45 heavy (non-hydrogen) atoms. The first kappa shape index (κ1) is 31.8. The molecule has 1 aliphatic heterocycles. The minimum atomic E-state index is -1.08. The lowest BCUT2D eigenvalue weighted by atomic mass is 9.62. The molecule has 9 nitrogen and oxygen atoms in total. The Hall–Kier alpha value is -4.66. The summed E-state index contributed by atoms with van der Waals surface area (Å²) < 4.78 is 10.5. The zero-order valence-electron chi connectivity index (χ0n) is 26.1. The summed E-state index contributed by atoms with van der Waals surface area (Å²) in [5.74, 6) is -0.833. The number of carbonyl (C=O) groups is 4. The Morgan fingerprint density at radius 3 is 2.29 bits per heavy atom. The van der Waals surface area contributed by atoms with Crippen LogP contribution in [0.3, 0.4) is 0 Å². The van der Waals surface area contributed by atoms with Gasteiger partial charge in [0.1, 0.15) is 11.8 Å². The van der Waals surface area contributed by atoms with Crippen LogP contribution >= 0.6 is 0 Å². The molecule has 0 saturated carbocycles. The average Bonchev–Trinajstić information content (AvgIpc) is 3.08. The van der Waals surface area contributed by atoms with Crippen molar-refractivity contribution in [2.75, 3.05) is 26.8 Å². The van der Waals surface area contributed by atoms with Gasteiger partial charge in [-0.25, -0.2) is 4.79 Å². The number of ether oxygens (including phenoxy) is 2. The van der Waals surface area contributed by atoms with Crippen molar-refractivity contribution in [1.82, 2.24) is 15.5 Å². The number of piperidine rings is 1. The van der Waals surface area contributed by atoms with Crippen LogP contribution in [-0.2, 0) is 24.5 Å². The summed E-state index contributed by atoms with van der Waals surface area (Å²) in [6.07, 6.45) is 2.15. The zero-order valence-corrected chi connectivity index (χ0v) is 26.1. The predicted molar refractivity (Wildman–Crippen MR) is 170 cm³/mol. The molecule has 3 aromatic carbocycles. The van der Waals surface area contributed by atoms with E-state index in [1.807, 2.05) is 65.6 Å². The summed E-state index contributed by atoms with van der Waals surface area (Å²) in [6.45, 7) is 4.62. The molecule has 1 heterocycles. The highest BCUT2D eigenvalue weighted by Gasteiger charge is 2.49. The summed E-state index contributed by atoms with van der Waals surface area (Å²) >= 11 is 0. The Labute approximate surface area is 264 Å². The van der Waals surface area contributed by atoms with Gasteiger partial charge in [-0.2, -0.15) is 0 Å². The van der Waals surface area contributed by atoms with Gasteiger partial charge >= 0.3 is 5.97 Å². The summed E-state index contributed by atoms with van der Waals surface area (Å²) in [4.78, 5) is 55.5. The molecule has 9 heteroatoms. The van der Waals surface area contributed by atoms with Crippen LogP contribution < -0.4 is 15.4 Å². The van der Waals surface area contributed by atoms with E-state index < -0.39 is 23.3 Å². The predicted octanol–water partition coefficient (Wildman–Crippen LogP) is 4.35. The van der Waals surface area contributed by atoms with E-state index in [4.69, 9.17) is 9.47 Å². The van der Waals surface area contributed by atoms with Crippen LogP contribution in [0.2, 0.25) is 0 Å². The van der Waals surface area contributed by atoms with Gasteiger partial charge in [-0.3, -0.25) is 14.4 Å². The highest BCUT2D eigenvalue weighted by Crippen LogP contribution is 2.48. The van der Waals surface area contributed by atoms with E-state index in [2.05, 4.69) is 10.6 Å². The maximum absolute atomic E-state index is 14.2. The van der Waals surface area contributed by atoms with Gasteiger partial charge in [0.2, 0.25) is 11.8 Å². The molecule has 0 spiro atoms. The molecule has 2 N–H and O–H groups in total. The number of fused-ring (bicyclic) bond motifs is 1. The normalized spacial score (nSPS) is 20.3. The van der Waals surface area contributed by atoms with Gasteiger partial charge in [0.25, 0.3) is 5.91 Å². The van der Waals surface area contributed by atoms with Gasteiger partial charge in [0, 0.05) is 19.1 Å². The van der Waals surface area contributed by atoms with E-state index in [0.717, 1.165) is 16.7 Å². The smallest absolute Gasteiger partial charge is 0.328 e. The van der Waals surface area contributed by atoms with Crippen LogP contribution in [0.4, 0.5) is 0 Å². The van der Waals surface area contributed by atoms with Crippen LogP contribution in [0, 0.1) is 0 Å². The summed E-state index contributed by atoms with van der Waals surface area (Å²) in [7, 11) is 1.54. The SMILES string of the molecule is CCOC(=O)[C@@H](C)NC(=O)[C@@]1(c2ccccc2)CC[C@H](C(=O)N2CCC(NC(=O)c3ccccc3OC)CC2)c2ccccc21. The number of esters is 1. The average molecular weight is 612 g/mol. The van der Waals surface area contributed by atoms with E-state index in [9.17, 15) is 19.2 Å². The molecule has 0 radical (unpaired) electrons. The van der Waals surface area contributed by atoms with Crippen LogP contribution in [0.15, 0.2) is 78.9 Å². The molecule has 0 aromatic heterocycles. The molecule has 1 aliphatic carbocycles. The molecule has 0 unspecified atom stereocenters. The van der Waals surface area contributed by atoms with E-state index in [1.54, 1.807) is 39.2 Å². The van der Waals surface area contributed by atoms with Crippen molar-refractivity contribution in [2.45, 2.75) is 62.9 Å². The highest BCUT2D eigenvalue weighted by atomic mass is 16.5. The number of hydrogen-bond acceptors (Lipinski definition) is 6. The summed E-state index contributed by atoms with van der Waals surface area (Å²) in [5.41, 5.74) is 1.81. The molecule has 1 saturated heterocycles. The van der Waals surface area contributed by atoms with Crippen LogP contribution in [0.1, 0.15) is 72.5 Å². The number of carbonyl (C=O) groups excluding carboxylic acids is 4. The van der Waals surface area contributed by atoms with Crippen LogP contribution in [0.25, 0.3) is 0 Å². The van der Waals surface area contributed by atoms with Gasteiger partial charge in [0.05, 0.1) is 30.6 Å². The lowest BCUT2D eigenvalue weighted by Gasteiger charge is -2.43. The standard InChI is InChI=1S/C36H41N3O6/c1-4-45-34(42)24(2)37-35(43)36(25-12-6-5-7-13-25)21-18-28(27-14-8-10-16-30(27)36)33(41)39-22-19-26(20-23-39)38-32(40)29-15-9-11-17-31(29)44-3/h5-17,24,26,28H,4,18-23H2,1-3H3,(H,37,43)(H,38,40)/t24-,28+,36-/m1/s1. The van der Waals surface area contributed by atoms with Crippen LogP contribution in [0.5, 0.6) is 5.75 Å². The number of methoxy groups -OCH3 is 1. The van der Waals surface area contributed by atoms with Gasteiger partial charge in [-0.1, -0.05) is 66.7 Å². The molecular weight excluding hydrogens is 570 g/mol. The lowest BCUT2D eigenvalue weighted by molar-refractivity contribution is -0.147. The molecule has 236 valence electrons. The van der Waals surface area contributed by atoms with Crippen molar-refractivity contribution in [2.24, 2.45) is 0 Å². The number of nitrogens with one attached hydrogen (secondary N) is 2. The maximum Gasteiger partial charge on any atom is 0.328 e. The molecule has 5 rings (SSSR count). The van der Waals surface area contributed by atoms with Crippen molar-refractivity contribution < 1.29 is 28.7 Å². The third kappa shape index (κ3) is 6.43. The molecule has 0 bridgehead atoms. The fourth-order valence-electron chi connectivity index (χ4n) is 6.69. The quantitative estimate of drug-likeness (QED) is 0.348. The fraction of sp³-hybridized carbons (Fsp3) is 0.389. The van der Waals surface area contributed by atoms with Crippen molar-refractivity contribution in [3.63, 3.8) is 0 Å². The number of nitrogens with zero attached hydrogens (tertiary/aromatic N) is 1. The lowest BCUT2D eigenvalue weighted by Crippen LogP contribution is -2.53. The third-order valence-electron chi connectivity index (χ3n) is 9.04. The Morgan fingerprint density at radius 1 is 0.911 bits per heavy atom. The number of benzene rings is 3. The van der Waals surface area contributed by atoms with Crippen molar-refractivity contribution in [1.29, 1.82) is 0 Å². The highest BCUT2D eigenvalue weighted by molar-refractivity contribution is 5.98. The second-order valence-corrected chi connectivity index (χ2v) is 11.7. The van der Waals surface area contributed by atoms with Gasteiger partial charge in [0.15, 0.2) is 0 Å². The minimum Gasteiger partial charge on any atom is -0.496 e. The van der Waals surface area contributed by atoms with E-state index >= 15 is 0 Å². The molecule has 3 amide bonds. The number of para-hydroxylation sites is 1. The van der Waals surface area contributed by atoms with E-state index in [-0.39, 0.29) is 30.4 Å². The first-order valence-corrected chi connectivity index (χ1v) is 15.6. The third-order valence-corrected chi connectivity index (χ3v) is 9.04. The Morgan fingerprint density at radius 2 is 1.58 bits per heavy atom. The fourth-order valence-corrected chi connectivity index (χ4v) is 6.69. The molecule has 2 aliphatic rings. The summed E-state index contributed by atoms with van der Waals surface area (Å²) in [5, 5.41) is 6.01.